The van der Waals surface area contributed by atoms with Crippen LogP contribution in [0.25, 0.3) is 22.2 Å². The number of anilines is 2. The summed E-state index contributed by atoms with van der Waals surface area (Å²) in [6, 6.07) is 4.43. The topological polar surface area (TPSA) is 129 Å². The summed E-state index contributed by atoms with van der Waals surface area (Å²) >= 11 is 5.69. The molecule has 0 atom stereocenters. The minimum atomic E-state index is -4.60. The molecule has 0 unspecified atom stereocenters. The number of nitrogens with zero attached hydrogens (tertiary/aromatic N) is 3. The number of rotatable bonds is 6. The minimum Gasteiger partial charge on any atom is -0.383 e. The van der Waals surface area contributed by atoms with Crippen LogP contribution in [0.4, 0.5) is 24.7 Å². The molecule has 1 saturated carbocycles. The molecule has 1 aliphatic rings. The maximum atomic E-state index is 15.6. The van der Waals surface area contributed by atoms with Crippen molar-refractivity contribution < 1.29 is 21.6 Å². The molecule has 0 aliphatic heterocycles. The fourth-order valence-electron chi connectivity index (χ4n) is 5.21. The number of aromatic nitrogens is 3. The highest BCUT2D eigenvalue weighted by Crippen LogP contribution is 2.42. The molecule has 1 aliphatic carbocycles. The van der Waals surface area contributed by atoms with Crippen LogP contribution >= 0.6 is 11.6 Å². The number of sulfonamides is 1. The van der Waals surface area contributed by atoms with Crippen molar-refractivity contribution in [1.82, 2.24) is 14.8 Å². The summed E-state index contributed by atoms with van der Waals surface area (Å²) in [6.07, 6.45) is 5.14. The smallest absolute Gasteiger partial charge is 0.264 e. The van der Waals surface area contributed by atoms with E-state index in [1.54, 1.807) is 10.9 Å². The number of halogens is 4. The average molecular weight is 593 g/mol. The average Bonchev–Trinajstić information content (AvgIpc) is 3.28. The lowest BCUT2D eigenvalue weighted by Gasteiger charge is -2.27. The standard InChI is InChI=1S/C27H28ClF3N6O2S/c1-13(2)37-26-18(14-3-6-16(32)7-4-14)12-34-27(33)24(26)25(35-37)17-10-20(30)22(11-19(17)29)36-40(38,39)23-8-5-15(28)9-21(23)31/h5,8-14,16,36H,3-4,6-7,32H2,1-2H3,(H2,33,34). The second-order valence-corrected chi connectivity index (χ2v) is 12.4. The van der Waals surface area contributed by atoms with Crippen molar-refractivity contribution in [2.24, 2.45) is 5.73 Å². The second-order valence-electron chi connectivity index (χ2n) is 10.3. The third-order valence-electron chi connectivity index (χ3n) is 7.22. The Kier molecular flexibility index (Phi) is 7.45. The first-order chi connectivity index (χ1) is 18.9. The number of nitrogen functional groups attached to an aromatic ring is 1. The SMILES string of the molecule is CC(C)n1nc(-c2cc(F)c(NS(=O)(=O)c3ccc(Cl)cc3F)cc2F)c2c(N)ncc(C3CCC(N)CC3)c21. The van der Waals surface area contributed by atoms with Gasteiger partial charge in [-0.3, -0.25) is 9.40 Å². The highest BCUT2D eigenvalue weighted by Gasteiger charge is 2.29. The van der Waals surface area contributed by atoms with Gasteiger partial charge in [0.2, 0.25) is 0 Å². The first kappa shape index (κ1) is 28.2. The van der Waals surface area contributed by atoms with Gasteiger partial charge >= 0.3 is 0 Å². The van der Waals surface area contributed by atoms with Gasteiger partial charge < -0.3 is 11.5 Å². The molecule has 4 aromatic rings. The molecular weight excluding hydrogens is 565 g/mol. The molecule has 2 aromatic heterocycles. The lowest BCUT2D eigenvalue weighted by Crippen LogP contribution is -2.26. The number of fused-ring (bicyclic) bond motifs is 1. The van der Waals surface area contributed by atoms with Crippen molar-refractivity contribution >= 4 is 44.0 Å². The van der Waals surface area contributed by atoms with Gasteiger partial charge in [0.1, 0.15) is 33.9 Å². The molecule has 0 amide bonds. The summed E-state index contributed by atoms with van der Waals surface area (Å²) < 4.78 is 74.2. The van der Waals surface area contributed by atoms with E-state index in [1.165, 1.54) is 6.07 Å². The van der Waals surface area contributed by atoms with E-state index < -0.39 is 38.1 Å². The van der Waals surface area contributed by atoms with Gasteiger partial charge in [0, 0.05) is 34.9 Å². The van der Waals surface area contributed by atoms with Gasteiger partial charge in [-0.1, -0.05) is 11.6 Å². The van der Waals surface area contributed by atoms with Gasteiger partial charge in [-0.25, -0.2) is 26.6 Å². The Hall–Kier alpha value is -3.35. The maximum absolute atomic E-state index is 15.6. The Balaban J connectivity index is 1.61. The van der Waals surface area contributed by atoms with E-state index in [0.29, 0.717) is 17.0 Å². The summed E-state index contributed by atoms with van der Waals surface area (Å²) in [5.74, 6) is -2.92. The quantitative estimate of drug-likeness (QED) is 0.247. The molecular formula is C27H28ClF3N6O2S. The second kappa shape index (κ2) is 10.6. The molecule has 0 saturated heterocycles. The summed E-state index contributed by atoms with van der Waals surface area (Å²) in [5, 5.41) is 5.00. The maximum Gasteiger partial charge on any atom is 0.264 e. The molecule has 0 radical (unpaired) electrons. The summed E-state index contributed by atoms with van der Waals surface area (Å²) in [7, 11) is -4.60. The minimum absolute atomic E-state index is 0.0185. The third kappa shape index (κ3) is 5.11. The van der Waals surface area contributed by atoms with Gasteiger partial charge in [-0.05, 0) is 75.3 Å². The van der Waals surface area contributed by atoms with E-state index in [4.69, 9.17) is 23.1 Å². The molecule has 212 valence electrons. The summed E-state index contributed by atoms with van der Waals surface area (Å²) in [6.45, 7) is 3.83. The molecule has 2 heterocycles. The van der Waals surface area contributed by atoms with Crippen LogP contribution in [-0.2, 0) is 10.0 Å². The van der Waals surface area contributed by atoms with E-state index in [-0.39, 0.29) is 40.1 Å². The highest BCUT2D eigenvalue weighted by molar-refractivity contribution is 7.92. The Morgan fingerprint density at radius 3 is 2.40 bits per heavy atom. The number of nitrogens with two attached hydrogens (primary N) is 2. The predicted molar refractivity (Wildman–Crippen MR) is 149 cm³/mol. The number of nitrogens with one attached hydrogen (secondary N) is 1. The van der Waals surface area contributed by atoms with Gasteiger partial charge in [-0.2, -0.15) is 5.10 Å². The van der Waals surface area contributed by atoms with E-state index >= 15 is 8.78 Å². The van der Waals surface area contributed by atoms with E-state index in [2.05, 4.69) is 10.1 Å². The first-order valence-corrected chi connectivity index (χ1v) is 14.6. The van der Waals surface area contributed by atoms with Crippen molar-refractivity contribution in [3.63, 3.8) is 0 Å². The zero-order chi connectivity index (χ0) is 28.9. The third-order valence-corrected chi connectivity index (χ3v) is 8.86. The van der Waals surface area contributed by atoms with Crippen molar-refractivity contribution in [2.75, 3.05) is 10.5 Å². The normalized spacial score (nSPS) is 18.0. The molecule has 0 spiro atoms. The Morgan fingerprint density at radius 1 is 1.05 bits per heavy atom. The number of hydrogen-bond donors (Lipinski definition) is 3. The summed E-state index contributed by atoms with van der Waals surface area (Å²) in [5.41, 5.74) is 13.2. The monoisotopic (exact) mass is 592 g/mol. The number of hydrogen-bond acceptors (Lipinski definition) is 6. The Labute approximate surface area is 234 Å². The molecule has 13 heteroatoms. The van der Waals surface area contributed by atoms with Crippen LogP contribution in [-0.4, -0.2) is 29.2 Å². The fraction of sp³-hybridized carbons (Fsp3) is 0.333. The van der Waals surface area contributed by atoms with Crippen LogP contribution < -0.4 is 16.2 Å². The van der Waals surface area contributed by atoms with Crippen molar-refractivity contribution in [3.05, 3.63) is 64.6 Å². The van der Waals surface area contributed by atoms with E-state index in [1.807, 2.05) is 18.6 Å². The number of pyridine rings is 1. The fourth-order valence-corrected chi connectivity index (χ4v) is 6.49. The lowest BCUT2D eigenvalue weighted by atomic mass is 9.82. The van der Waals surface area contributed by atoms with Crippen LogP contribution in [0, 0.1) is 17.5 Å². The molecule has 5 rings (SSSR count). The molecule has 40 heavy (non-hydrogen) atoms. The predicted octanol–water partition coefficient (Wildman–Crippen LogP) is 6.12. The van der Waals surface area contributed by atoms with Gasteiger partial charge in [0.05, 0.1) is 16.6 Å². The molecule has 5 N–H and O–H groups in total. The van der Waals surface area contributed by atoms with Gasteiger partial charge in [0.25, 0.3) is 10.0 Å². The Bertz CT molecular complexity index is 1720. The zero-order valence-corrected chi connectivity index (χ0v) is 23.3. The lowest BCUT2D eigenvalue weighted by molar-refractivity contribution is 0.395. The van der Waals surface area contributed by atoms with Gasteiger partial charge in [-0.15, -0.1) is 0 Å². The van der Waals surface area contributed by atoms with Crippen LogP contribution in [0.1, 0.15) is 57.1 Å². The van der Waals surface area contributed by atoms with Crippen molar-refractivity contribution in [3.8, 4) is 11.3 Å². The number of benzene rings is 2. The van der Waals surface area contributed by atoms with Crippen LogP contribution in [0.15, 0.2) is 41.4 Å². The molecule has 2 aromatic carbocycles. The molecule has 1 fully saturated rings. The first-order valence-electron chi connectivity index (χ1n) is 12.8. The largest absolute Gasteiger partial charge is 0.383 e. The van der Waals surface area contributed by atoms with Crippen LogP contribution in [0.2, 0.25) is 5.02 Å². The summed E-state index contributed by atoms with van der Waals surface area (Å²) in [4.78, 5) is 3.60. The van der Waals surface area contributed by atoms with E-state index in [9.17, 15) is 12.8 Å². The van der Waals surface area contributed by atoms with Gasteiger partial charge in [0.15, 0.2) is 0 Å². The molecule has 0 bridgehead atoms. The Morgan fingerprint density at radius 2 is 1.75 bits per heavy atom. The van der Waals surface area contributed by atoms with Crippen LogP contribution in [0.3, 0.4) is 0 Å². The van der Waals surface area contributed by atoms with Crippen LogP contribution in [0.5, 0.6) is 0 Å². The van der Waals surface area contributed by atoms with Crippen molar-refractivity contribution in [2.45, 2.75) is 62.4 Å². The van der Waals surface area contributed by atoms with E-state index in [0.717, 1.165) is 49.4 Å². The highest BCUT2D eigenvalue weighted by atomic mass is 35.5. The molecule has 8 nitrogen and oxygen atoms in total. The van der Waals surface area contributed by atoms with Crippen molar-refractivity contribution in [1.29, 1.82) is 0 Å². The zero-order valence-electron chi connectivity index (χ0n) is 21.8.